The zero-order valence-electron chi connectivity index (χ0n) is 12.7. The van der Waals surface area contributed by atoms with Crippen LogP contribution in [0.2, 0.25) is 0 Å². The van der Waals surface area contributed by atoms with Crippen LogP contribution in [0.3, 0.4) is 0 Å². The third-order valence-electron chi connectivity index (χ3n) is 4.62. The number of hydrogen-bond donors (Lipinski definition) is 1. The average molecular weight is 282 g/mol. The molecule has 2 amide bonds. The van der Waals surface area contributed by atoms with Crippen LogP contribution in [0.25, 0.3) is 0 Å². The topological polar surface area (TPSA) is 58.6 Å². The summed E-state index contributed by atoms with van der Waals surface area (Å²) in [5.41, 5.74) is 0. The second kappa shape index (κ2) is 6.57. The van der Waals surface area contributed by atoms with Crippen molar-refractivity contribution in [2.24, 2.45) is 5.92 Å². The highest BCUT2D eigenvalue weighted by molar-refractivity contribution is 5.97. The Bertz CT molecular complexity index is 366. The first-order chi connectivity index (χ1) is 9.56. The van der Waals surface area contributed by atoms with Gasteiger partial charge in [-0.05, 0) is 32.6 Å². The zero-order valence-corrected chi connectivity index (χ0v) is 12.7. The van der Waals surface area contributed by atoms with E-state index in [9.17, 15) is 9.59 Å². The highest BCUT2D eigenvalue weighted by Gasteiger charge is 2.43. The van der Waals surface area contributed by atoms with Gasteiger partial charge in [0.05, 0.1) is 12.6 Å². The summed E-state index contributed by atoms with van der Waals surface area (Å²) in [6.07, 6.45) is 5.64. The van der Waals surface area contributed by atoms with Crippen molar-refractivity contribution in [1.29, 1.82) is 0 Å². The minimum atomic E-state index is -0.410. The second-order valence-electron chi connectivity index (χ2n) is 6.11. The number of piperazine rings is 1. The maximum Gasteiger partial charge on any atom is 0.246 e. The molecular formula is C15H26N2O3. The van der Waals surface area contributed by atoms with Gasteiger partial charge in [-0.1, -0.05) is 19.3 Å². The van der Waals surface area contributed by atoms with E-state index in [1.54, 1.807) is 18.9 Å². The van der Waals surface area contributed by atoms with E-state index in [1.165, 1.54) is 6.42 Å². The van der Waals surface area contributed by atoms with Gasteiger partial charge in [0.1, 0.15) is 12.1 Å². The predicted octanol–water partition coefficient (Wildman–Crippen LogP) is 1.32. The molecule has 3 atom stereocenters. The number of methoxy groups -OCH3 is 1. The Morgan fingerprint density at radius 3 is 2.55 bits per heavy atom. The van der Waals surface area contributed by atoms with E-state index in [2.05, 4.69) is 5.32 Å². The number of rotatable bonds is 4. The van der Waals surface area contributed by atoms with Crippen LogP contribution in [-0.4, -0.2) is 48.6 Å². The van der Waals surface area contributed by atoms with Gasteiger partial charge in [0.2, 0.25) is 11.8 Å². The third kappa shape index (κ3) is 2.97. The Morgan fingerprint density at radius 2 is 1.95 bits per heavy atom. The lowest BCUT2D eigenvalue weighted by atomic mass is 9.82. The van der Waals surface area contributed by atoms with Crippen molar-refractivity contribution >= 4 is 11.8 Å². The van der Waals surface area contributed by atoms with Gasteiger partial charge >= 0.3 is 0 Å². The standard InChI is InChI=1S/C15H26N2O3/c1-10(9-20-3)17-11(2)14(18)16-13(15(17)19)12-7-5-4-6-8-12/h10-13H,4-9H2,1-3H3,(H,16,18). The van der Waals surface area contributed by atoms with Gasteiger partial charge < -0.3 is 15.0 Å². The highest BCUT2D eigenvalue weighted by Crippen LogP contribution is 2.29. The minimum absolute atomic E-state index is 0.0388. The molecule has 1 aliphatic heterocycles. The van der Waals surface area contributed by atoms with E-state index >= 15 is 0 Å². The number of carbonyl (C=O) groups excluding carboxylic acids is 2. The van der Waals surface area contributed by atoms with Crippen molar-refractivity contribution < 1.29 is 14.3 Å². The summed E-state index contributed by atoms with van der Waals surface area (Å²) in [6.45, 7) is 4.19. The van der Waals surface area contributed by atoms with E-state index in [0.29, 0.717) is 12.5 Å². The first-order valence-corrected chi connectivity index (χ1v) is 7.67. The van der Waals surface area contributed by atoms with E-state index in [0.717, 1.165) is 25.7 Å². The van der Waals surface area contributed by atoms with Crippen LogP contribution in [0, 0.1) is 5.92 Å². The molecular weight excluding hydrogens is 256 g/mol. The van der Waals surface area contributed by atoms with Gasteiger partial charge in [-0.3, -0.25) is 9.59 Å². The molecule has 1 heterocycles. The fraction of sp³-hybridized carbons (Fsp3) is 0.867. The molecule has 0 aromatic carbocycles. The summed E-state index contributed by atoms with van der Waals surface area (Å²) < 4.78 is 5.14. The lowest BCUT2D eigenvalue weighted by Gasteiger charge is -2.43. The summed E-state index contributed by atoms with van der Waals surface area (Å²) in [5.74, 6) is 0.321. The SMILES string of the molecule is COCC(C)N1C(=O)C(C2CCCCC2)NC(=O)C1C. The fourth-order valence-corrected chi connectivity index (χ4v) is 3.52. The van der Waals surface area contributed by atoms with Crippen LogP contribution in [0.4, 0.5) is 0 Å². The van der Waals surface area contributed by atoms with Gasteiger partial charge in [-0.25, -0.2) is 0 Å². The average Bonchev–Trinajstić information content (AvgIpc) is 2.44. The van der Waals surface area contributed by atoms with Crippen molar-refractivity contribution in [1.82, 2.24) is 10.2 Å². The van der Waals surface area contributed by atoms with Crippen molar-refractivity contribution in [2.45, 2.75) is 64.1 Å². The van der Waals surface area contributed by atoms with E-state index in [4.69, 9.17) is 4.74 Å². The summed E-state index contributed by atoms with van der Waals surface area (Å²) in [5, 5.41) is 2.94. The molecule has 2 aliphatic rings. The van der Waals surface area contributed by atoms with Crippen molar-refractivity contribution in [3.8, 4) is 0 Å². The first-order valence-electron chi connectivity index (χ1n) is 7.67. The van der Waals surface area contributed by atoms with Gasteiger partial charge in [0.25, 0.3) is 0 Å². The second-order valence-corrected chi connectivity index (χ2v) is 6.11. The van der Waals surface area contributed by atoms with Crippen LogP contribution >= 0.6 is 0 Å². The Hall–Kier alpha value is -1.10. The largest absolute Gasteiger partial charge is 0.383 e. The maximum absolute atomic E-state index is 12.8. The highest BCUT2D eigenvalue weighted by atomic mass is 16.5. The summed E-state index contributed by atoms with van der Waals surface area (Å²) in [7, 11) is 1.62. The normalized spacial score (nSPS) is 30.2. The fourth-order valence-electron chi connectivity index (χ4n) is 3.52. The molecule has 0 aromatic heterocycles. The molecule has 0 bridgehead atoms. The van der Waals surface area contributed by atoms with Gasteiger partial charge in [-0.15, -0.1) is 0 Å². The molecule has 1 saturated carbocycles. The molecule has 20 heavy (non-hydrogen) atoms. The lowest BCUT2D eigenvalue weighted by molar-refractivity contribution is -0.154. The first kappa shape index (κ1) is 15.3. The van der Waals surface area contributed by atoms with E-state index in [1.807, 2.05) is 6.92 Å². The molecule has 114 valence electrons. The zero-order chi connectivity index (χ0) is 14.7. The molecule has 1 N–H and O–H groups in total. The summed E-state index contributed by atoms with van der Waals surface area (Å²) >= 11 is 0. The molecule has 1 aliphatic carbocycles. The van der Waals surface area contributed by atoms with E-state index < -0.39 is 6.04 Å². The predicted molar refractivity (Wildman–Crippen MR) is 76.2 cm³/mol. The summed E-state index contributed by atoms with van der Waals surface area (Å²) in [4.78, 5) is 26.6. The molecule has 0 radical (unpaired) electrons. The smallest absolute Gasteiger partial charge is 0.246 e. The number of hydrogen-bond acceptors (Lipinski definition) is 3. The Morgan fingerprint density at radius 1 is 1.30 bits per heavy atom. The van der Waals surface area contributed by atoms with Gasteiger partial charge in [0, 0.05) is 7.11 Å². The molecule has 3 unspecified atom stereocenters. The number of amides is 2. The number of nitrogens with one attached hydrogen (secondary N) is 1. The van der Waals surface area contributed by atoms with Crippen molar-refractivity contribution in [3.63, 3.8) is 0 Å². The molecule has 0 spiro atoms. The number of carbonyl (C=O) groups is 2. The lowest BCUT2D eigenvalue weighted by Crippen LogP contribution is -2.66. The Labute approximate surface area is 121 Å². The maximum atomic E-state index is 12.8. The number of ether oxygens (including phenoxy) is 1. The van der Waals surface area contributed by atoms with Crippen LogP contribution in [0.5, 0.6) is 0 Å². The summed E-state index contributed by atoms with van der Waals surface area (Å²) in [6, 6.07) is -0.814. The number of nitrogens with zero attached hydrogens (tertiary/aromatic N) is 1. The Balaban J connectivity index is 2.14. The van der Waals surface area contributed by atoms with Crippen LogP contribution in [0.1, 0.15) is 46.0 Å². The van der Waals surface area contributed by atoms with Crippen LogP contribution in [-0.2, 0) is 14.3 Å². The Kier molecular flexibility index (Phi) is 5.02. The minimum Gasteiger partial charge on any atom is -0.383 e. The quantitative estimate of drug-likeness (QED) is 0.846. The molecule has 0 aromatic rings. The molecule has 2 fully saturated rings. The third-order valence-corrected chi connectivity index (χ3v) is 4.62. The molecule has 5 nitrogen and oxygen atoms in total. The van der Waals surface area contributed by atoms with Crippen molar-refractivity contribution in [2.75, 3.05) is 13.7 Å². The van der Waals surface area contributed by atoms with Crippen molar-refractivity contribution in [3.05, 3.63) is 0 Å². The molecule has 2 rings (SSSR count). The molecule has 1 saturated heterocycles. The molecule has 5 heteroatoms. The van der Waals surface area contributed by atoms with Crippen LogP contribution in [0.15, 0.2) is 0 Å². The van der Waals surface area contributed by atoms with Gasteiger partial charge in [-0.2, -0.15) is 0 Å². The van der Waals surface area contributed by atoms with E-state index in [-0.39, 0.29) is 23.9 Å². The van der Waals surface area contributed by atoms with Gasteiger partial charge in [0.15, 0.2) is 0 Å². The van der Waals surface area contributed by atoms with Crippen LogP contribution < -0.4 is 5.32 Å². The monoisotopic (exact) mass is 282 g/mol.